The normalized spacial score (nSPS) is 26.2. The first-order chi connectivity index (χ1) is 18.8. The fourth-order valence-electron chi connectivity index (χ4n) is 6.67. The Kier molecular flexibility index (Phi) is 6.18. The van der Waals surface area contributed by atoms with Crippen molar-refractivity contribution in [2.75, 3.05) is 12.0 Å². The van der Waals surface area contributed by atoms with E-state index in [9.17, 15) is 24.3 Å². The average Bonchev–Trinajstić information content (AvgIpc) is 3.20. The van der Waals surface area contributed by atoms with Crippen molar-refractivity contribution in [3.8, 4) is 11.5 Å². The second kappa shape index (κ2) is 9.45. The number of carbonyl (C=O) groups is 4. The van der Waals surface area contributed by atoms with E-state index in [1.54, 1.807) is 24.3 Å². The minimum Gasteiger partial charge on any atom is -0.507 e. The topological polar surface area (TPSA) is 101 Å². The maximum Gasteiger partial charge on any atom is 0.238 e. The molecule has 1 saturated heterocycles. The highest BCUT2D eigenvalue weighted by Crippen LogP contribution is 2.57. The smallest absolute Gasteiger partial charge is 0.238 e. The van der Waals surface area contributed by atoms with Crippen LogP contribution in [0, 0.1) is 17.8 Å². The molecule has 1 fully saturated rings. The predicted octanol–water partition coefficient (Wildman–Crippen LogP) is 4.93. The van der Waals surface area contributed by atoms with E-state index < -0.39 is 23.7 Å². The highest BCUT2D eigenvalue weighted by Gasteiger charge is 2.57. The number of fused-ring (bicyclic) bond motifs is 3. The van der Waals surface area contributed by atoms with Crippen molar-refractivity contribution in [3.05, 3.63) is 86.9 Å². The Labute approximate surface area is 234 Å². The van der Waals surface area contributed by atoms with Crippen LogP contribution >= 0.6 is 15.9 Å². The number of amides is 2. The number of benzene rings is 2. The number of allylic oxidation sites excluding steroid dienone is 6. The number of hydrogen-bond acceptors (Lipinski definition) is 6. The van der Waals surface area contributed by atoms with Crippen molar-refractivity contribution in [1.29, 1.82) is 0 Å². The van der Waals surface area contributed by atoms with Gasteiger partial charge in [0.1, 0.15) is 11.5 Å². The van der Waals surface area contributed by atoms with Crippen molar-refractivity contribution in [2.45, 2.75) is 32.1 Å². The largest absolute Gasteiger partial charge is 0.507 e. The summed E-state index contributed by atoms with van der Waals surface area (Å²) in [5.41, 5.74) is 3.35. The Morgan fingerprint density at radius 1 is 1.03 bits per heavy atom. The van der Waals surface area contributed by atoms with E-state index in [1.165, 1.54) is 24.2 Å². The molecule has 1 heterocycles. The molecule has 4 aliphatic rings. The van der Waals surface area contributed by atoms with Crippen LogP contribution in [0.1, 0.15) is 36.8 Å². The number of rotatable bonds is 4. The van der Waals surface area contributed by atoms with Gasteiger partial charge in [-0.25, -0.2) is 0 Å². The summed E-state index contributed by atoms with van der Waals surface area (Å²) in [6.07, 6.45) is 4.50. The number of methoxy groups -OCH3 is 1. The molecule has 0 bridgehead atoms. The van der Waals surface area contributed by atoms with Crippen LogP contribution in [-0.2, 0) is 25.6 Å². The average molecular weight is 588 g/mol. The van der Waals surface area contributed by atoms with Gasteiger partial charge in [-0.2, -0.15) is 0 Å². The Morgan fingerprint density at radius 3 is 2.46 bits per heavy atom. The third-order valence-corrected chi connectivity index (χ3v) is 9.07. The molecular weight excluding hydrogens is 562 g/mol. The molecule has 2 aromatic rings. The molecule has 2 amide bonds. The Hall–Kier alpha value is -3.78. The molecule has 2 aromatic carbocycles. The molecule has 6 rings (SSSR count). The Morgan fingerprint density at radius 2 is 1.77 bits per heavy atom. The molecule has 39 heavy (non-hydrogen) atoms. The molecule has 0 aromatic heterocycles. The monoisotopic (exact) mass is 587 g/mol. The summed E-state index contributed by atoms with van der Waals surface area (Å²) in [7, 11) is 1.48. The molecular formula is C31H26BrNO6. The second-order valence-electron chi connectivity index (χ2n) is 10.3. The van der Waals surface area contributed by atoms with Crippen LogP contribution < -0.4 is 9.64 Å². The minimum absolute atomic E-state index is 0.0739. The van der Waals surface area contributed by atoms with Crippen LogP contribution in [0.5, 0.6) is 11.5 Å². The van der Waals surface area contributed by atoms with Crippen molar-refractivity contribution < 1.29 is 29.0 Å². The zero-order valence-corrected chi connectivity index (χ0v) is 23.0. The lowest BCUT2D eigenvalue weighted by molar-refractivity contribution is -0.123. The lowest BCUT2D eigenvalue weighted by Crippen LogP contribution is -2.39. The van der Waals surface area contributed by atoms with Gasteiger partial charge in [0.05, 0.1) is 29.1 Å². The number of phenols is 1. The second-order valence-corrected chi connectivity index (χ2v) is 11.2. The highest BCUT2D eigenvalue weighted by atomic mass is 79.9. The summed E-state index contributed by atoms with van der Waals surface area (Å²) < 4.78 is 5.73. The molecule has 7 nitrogen and oxygen atoms in total. The number of nitrogens with zero attached hydrogens (tertiary/aromatic N) is 1. The van der Waals surface area contributed by atoms with Gasteiger partial charge in [-0.1, -0.05) is 36.8 Å². The summed E-state index contributed by atoms with van der Waals surface area (Å²) in [5, 5.41) is 11.0. The number of ketones is 2. The van der Waals surface area contributed by atoms with Crippen LogP contribution in [0.25, 0.3) is 0 Å². The molecule has 1 aliphatic heterocycles. The molecule has 1 N–H and O–H groups in total. The number of aromatic hydroxyl groups is 1. The SMILES string of the molecule is CCc1ccc(N2C(=O)C3CC=C4C(c5c(O)cccc5OC)C5=C(CC4C3C2=O)C(=O)C(Br)=CC5=O)cc1. The van der Waals surface area contributed by atoms with Crippen LogP contribution in [0.3, 0.4) is 0 Å². The van der Waals surface area contributed by atoms with Gasteiger partial charge in [0.2, 0.25) is 11.8 Å². The maximum absolute atomic E-state index is 14.0. The van der Waals surface area contributed by atoms with Gasteiger partial charge in [-0.05, 0) is 70.9 Å². The fourth-order valence-corrected chi connectivity index (χ4v) is 7.12. The first-order valence-corrected chi connectivity index (χ1v) is 13.8. The summed E-state index contributed by atoms with van der Waals surface area (Å²) in [5.74, 6) is -3.47. The molecule has 4 atom stereocenters. The van der Waals surface area contributed by atoms with Crippen molar-refractivity contribution in [3.63, 3.8) is 0 Å². The quantitative estimate of drug-likeness (QED) is 0.309. The van der Waals surface area contributed by atoms with E-state index in [0.717, 1.165) is 17.6 Å². The van der Waals surface area contributed by atoms with Gasteiger partial charge >= 0.3 is 0 Å². The molecule has 0 spiro atoms. The summed E-state index contributed by atoms with van der Waals surface area (Å²) in [4.78, 5) is 55.6. The summed E-state index contributed by atoms with van der Waals surface area (Å²) in [6.45, 7) is 2.04. The van der Waals surface area contributed by atoms with Crippen LogP contribution in [0.4, 0.5) is 5.69 Å². The number of imide groups is 1. The van der Waals surface area contributed by atoms with Crippen molar-refractivity contribution >= 4 is 45.0 Å². The van der Waals surface area contributed by atoms with Gasteiger partial charge in [-0.15, -0.1) is 0 Å². The van der Waals surface area contributed by atoms with E-state index in [4.69, 9.17) is 4.74 Å². The van der Waals surface area contributed by atoms with Gasteiger partial charge in [0.25, 0.3) is 0 Å². The van der Waals surface area contributed by atoms with Crippen LogP contribution in [0.15, 0.2) is 75.8 Å². The lowest BCUT2D eigenvalue weighted by Gasteiger charge is -2.42. The molecule has 8 heteroatoms. The third kappa shape index (κ3) is 3.76. The molecule has 3 aliphatic carbocycles. The summed E-state index contributed by atoms with van der Waals surface area (Å²) in [6, 6.07) is 12.3. The number of ether oxygens (including phenoxy) is 1. The molecule has 4 unspecified atom stereocenters. The number of hydrogen-bond donors (Lipinski definition) is 1. The van der Waals surface area contributed by atoms with Crippen LogP contribution in [0.2, 0.25) is 0 Å². The first kappa shape index (κ1) is 25.5. The van der Waals surface area contributed by atoms with Gasteiger partial charge < -0.3 is 9.84 Å². The zero-order valence-electron chi connectivity index (χ0n) is 21.4. The van der Waals surface area contributed by atoms with E-state index >= 15 is 0 Å². The maximum atomic E-state index is 14.0. The van der Waals surface area contributed by atoms with Gasteiger partial charge in [0.15, 0.2) is 11.6 Å². The summed E-state index contributed by atoms with van der Waals surface area (Å²) >= 11 is 3.23. The number of Topliss-reactive ketones (excluding diaryl/α,β-unsaturated/α-hetero) is 1. The van der Waals surface area contributed by atoms with Crippen molar-refractivity contribution in [1.82, 2.24) is 0 Å². The van der Waals surface area contributed by atoms with Gasteiger partial charge in [-0.3, -0.25) is 24.1 Å². The van der Waals surface area contributed by atoms with Gasteiger partial charge in [0, 0.05) is 28.7 Å². The molecule has 0 radical (unpaired) electrons. The van der Waals surface area contributed by atoms with E-state index in [1.807, 2.05) is 25.1 Å². The number of anilines is 1. The van der Waals surface area contributed by atoms with Crippen molar-refractivity contribution in [2.24, 2.45) is 17.8 Å². The minimum atomic E-state index is -0.787. The number of phenolic OH excluding ortho intramolecular Hbond substituents is 1. The Balaban J connectivity index is 1.50. The van der Waals surface area contributed by atoms with E-state index in [2.05, 4.69) is 15.9 Å². The van der Waals surface area contributed by atoms with Crippen LogP contribution in [-0.4, -0.2) is 35.6 Å². The van der Waals surface area contributed by atoms with E-state index in [0.29, 0.717) is 29.0 Å². The first-order valence-electron chi connectivity index (χ1n) is 13.0. The predicted molar refractivity (Wildman–Crippen MR) is 148 cm³/mol. The fraction of sp³-hybridized carbons (Fsp3) is 0.290. The van der Waals surface area contributed by atoms with E-state index in [-0.39, 0.29) is 45.6 Å². The number of carbonyl (C=O) groups excluding carboxylic acids is 4. The lowest BCUT2D eigenvalue weighted by atomic mass is 9.59. The molecule has 198 valence electrons. The molecule has 0 saturated carbocycles. The number of halogens is 1. The number of aryl methyl sites for hydroxylation is 1. The standard InChI is InChI=1S/C31H26BrNO6/c1-3-15-7-9-16(10-8-15)33-30(37)18-12-11-17-19(25(18)31(33)38)13-20-26(23(35)14-21(32)29(20)36)27(17)28-22(34)5-4-6-24(28)39-2/h4-11,14,18-19,25,27,34H,3,12-13H2,1-2H3. The highest BCUT2D eigenvalue weighted by molar-refractivity contribution is 9.12. The third-order valence-electron chi connectivity index (χ3n) is 8.49. The zero-order chi connectivity index (χ0) is 27.6. The Bertz CT molecular complexity index is 1550.